The molecule has 0 aromatic heterocycles. The highest BCUT2D eigenvalue weighted by atomic mass is 16.5. The third-order valence-electron chi connectivity index (χ3n) is 6.12. The number of Topliss-reactive ketones (excluding diaryl/α,β-unsaturated/α-hetero) is 1. The van der Waals surface area contributed by atoms with E-state index in [1.165, 1.54) is 37.7 Å². The Morgan fingerprint density at radius 3 is 2.54 bits per heavy atom. The summed E-state index contributed by atoms with van der Waals surface area (Å²) >= 11 is 0. The second-order valence-electron chi connectivity index (χ2n) is 7.81. The number of likely N-dealkylation sites (tertiary alicyclic amines) is 1. The molecule has 1 aliphatic heterocycles. The normalized spacial score (nSPS) is 22.2. The fourth-order valence-electron chi connectivity index (χ4n) is 4.53. The number of carbonyl (C=O) groups excluding carboxylic acids is 1. The van der Waals surface area contributed by atoms with E-state index in [4.69, 9.17) is 9.47 Å². The van der Waals surface area contributed by atoms with E-state index >= 15 is 0 Å². The number of piperidine rings is 1. The summed E-state index contributed by atoms with van der Waals surface area (Å²) in [4.78, 5) is 15.0. The molecule has 1 aromatic rings. The first-order valence-electron chi connectivity index (χ1n) is 10.2. The zero-order valence-corrected chi connectivity index (χ0v) is 16.3. The fraction of sp³-hybridized carbons (Fsp3) is 0.682. The van der Waals surface area contributed by atoms with Crippen LogP contribution >= 0.6 is 0 Å². The predicted octanol–water partition coefficient (Wildman–Crippen LogP) is 4.42. The third-order valence-corrected chi connectivity index (χ3v) is 6.12. The largest absolute Gasteiger partial charge is 0.493 e. The van der Waals surface area contributed by atoms with Crippen molar-refractivity contribution in [3.05, 3.63) is 23.8 Å². The van der Waals surface area contributed by atoms with Crippen LogP contribution in [0.15, 0.2) is 18.2 Å². The van der Waals surface area contributed by atoms with Crippen LogP contribution in [0, 0.1) is 5.92 Å². The topological polar surface area (TPSA) is 38.8 Å². The van der Waals surface area contributed by atoms with Gasteiger partial charge in [-0.1, -0.05) is 25.3 Å². The van der Waals surface area contributed by atoms with Crippen LogP contribution < -0.4 is 9.47 Å². The minimum atomic E-state index is 0.343. The zero-order chi connectivity index (χ0) is 18.4. The molecule has 1 atom stereocenters. The number of ether oxygens (including phenoxy) is 2. The molecule has 26 heavy (non-hydrogen) atoms. The first-order chi connectivity index (χ1) is 12.7. The lowest BCUT2D eigenvalue weighted by atomic mass is 9.85. The number of methoxy groups -OCH3 is 2. The molecule has 144 valence electrons. The SMILES string of the molecule is COc1ccc(C2CCCN(CCC(=O)C3CCCCC3)C2)cc1OC. The fourth-order valence-corrected chi connectivity index (χ4v) is 4.53. The van der Waals surface area contributed by atoms with Crippen molar-refractivity contribution >= 4 is 5.78 Å². The molecular formula is C22H33NO3. The molecule has 2 fully saturated rings. The molecule has 1 saturated heterocycles. The van der Waals surface area contributed by atoms with Crippen LogP contribution in [0.1, 0.15) is 62.8 Å². The number of hydrogen-bond donors (Lipinski definition) is 0. The van der Waals surface area contributed by atoms with Crippen molar-refractivity contribution in [3.8, 4) is 11.5 Å². The Balaban J connectivity index is 1.54. The summed E-state index contributed by atoms with van der Waals surface area (Å²) < 4.78 is 10.8. The Labute approximate surface area is 157 Å². The van der Waals surface area contributed by atoms with Gasteiger partial charge >= 0.3 is 0 Å². The monoisotopic (exact) mass is 359 g/mol. The molecule has 0 radical (unpaired) electrons. The average molecular weight is 360 g/mol. The van der Waals surface area contributed by atoms with Gasteiger partial charge in [-0.15, -0.1) is 0 Å². The van der Waals surface area contributed by atoms with Gasteiger partial charge in [-0.25, -0.2) is 0 Å². The summed E-state index contributed by atoms with van der Waals surface area (Å²) in [5, 5.41) is 0. The van der Waals surface area contributed by atoms with Crippen molar-refractivity contribution in [2.45, 2.75) is 57.3 Å². The molecule has 4 nitrogen and oxygen atoms in total. The van der Waals surface area contributed by atoms with E-state index in [2.05, 4.69) is 17.0 Å². The van der Waals surface area contributed by atoms with Gasteiger partial charge in [0, 0.05) is 25.4 Å². The number of nitrogens with zero attached hydrogens (tertiary/aromatic N) is 1. The molecule has 0 spiro atoms. The molecular weight excluding hydrogens is 326 g/mol. The van der Waals surface area contributed by atoms with Crippen LogP contribution in [-0.4, -0.2) is 44.5 Å². The Kier molecular flexibility index (Phi) is 6.95. The van der Waals surface area contributed by atoms with Gasteiger partial charge in [0.25, 0.3) is 0 Å². The van der Waals surface area contributed by atoms with Crippen LogP contribution in [0.2, 0.25) is 0 Å². The molecule has 3 rings (SSSR count). The Morgan fingerprint density at radius 2 is 1.81 bits per heavy atom. The van der Waals surface area contributed by atoms with E-state index in [1.807, 2.05) is 6.07 Å². The predicted molar refractivity (Wildman–Crippen MR) is 104 cm³/mol. The maximum absolute atomic E-state index is 12.5. The van der Waals surface area contributed by atoms with Gasteiger partial charge in [-0.05, 0) is 55.8 Å². The highest BCUT2D eigenvalue weighted by Crippen LogP contribution is 2.34. The quantitative estimate of drug-likeness (QED) is 0.722. The molecule has 1 aromatic carbocycles. The van der Waals surface area contributed by atoms with Gasteiger partial charge in [0.2, 0.25) is 0 Å². The Bertz CT molecular complexity index is 595. The minimum absolute atomic E-state index is 0.343. The summed E-state index contributed by atoms with van der Waals surface area (Å²) in [7, 11) is 3.36. The lowest BCUT2D eigenvalue weighted by Crippen LogP contribution is -2.36. The standard InChI is InChI=1S/C22H33NO3/c1-25-21-11-10-18(15-22(21)26-2)19-9-6-13-23(16-19)14-12-20(24)17-7-4-3-5-8-17/h10-11,15,17,19H,3-9,12-14,16H2,1-2H3. The third kappa shape index (κ3) is 4.79. The van der Waals surface area contributed by atoms with E-state index in [9.17, 15) is 4.79 Å². The molecule has 0 bridgehead atoms. The van der Waals surface area contributed by atoms with Gasteiger partial charge in [0.15, 0.2) is 11.5 Å². The van der Waals surface area contributed by atoms with Crippen LogP contribution in [0.4, 0.5) is 0 Å². The zero-order valence-electron chi connectivity index (χ0n) is 16.3. The van der Waals surface area contributed by atoms with Crippen molar-refractivity contribution in [1.29, 1.82) is 0 Å². The van der Waals surface area contributed by atoms with E-state index in [0.717, 1.165) is 50.4 Å². The second-order valence-corrected chi connectivity index (χ2v) is 7.81. The van der Waals surface area contributed by atoms with E-state index in [1.54, 1.807) is 14.2 Å². The van der Waals surface area contributed by atoms with Crippen molar-refractivity contribution < 1.29 is 14.3 Å². The lowest BCUT2D eigenvalue weighted by Gasteiger charge is -2.33. The smallest absolute Gasteiger partial charge is 0.160 e. The van der Waals surface area contributed by atoms with Gasteiger partial charge < -0.3 is 14.4 Å². The lowest BCUT2D eigenvalue weighted by molar-refractivity contribution is -0.124. The van der Waals surface area contributed by atoms with E-state index in [0.29, 0.717) is 17.6 Å². The van der Waals surface area contributed by atoms with Gasteiger partial charge in [0.1, 0.15) is 5.78 Å². The number of rotatable bonds is 7. The van der Waals surface area contributed by atoms with Crippen LogP contribution in [0.25, 0.3) is 0 Å². The summed E-state index contributed by atoms with van der Waals surface area (Å²) in [6.07, 6.45) is 9.13. The first-order valence-corrected chi connectivity index (χ1v) is 10.2. The molecule has 0 amide bonds. The average Bonchev–Trinajstić information content (AvgIpc) is 2.72. The molecule has 2 aliphatic rings. The summed E-state index contributed by atoms with van der Waals surface area (Å²) in [5.41, 5.74) is 1.31. The second kappa shape index (κ2) is 9.40. The Hall–Kier alpha value is -1.55. The van der Waals surface area contributed by atoms with E-state index in [-0.39, 0.29) is 0 Å². The molecule has 1 aliphatic carbocycles. The maximum atomic E-state index is 12.5. The first kappa shape index (κ1) is 19.2. The molecule has 1 heterocycles. The summed E-state index contributed by atoms with van der Waals surface area (Å²) in [6.45, 7) is 3.06. The van der Waals surface area contributed by atoms with Crippen LogP contribution in [0.3, 0.4) is 0 Å². The van der Waals surface area contributed by atoms with Gasteiger partial charge in [0.05, 0.1) is 14.2 Å². The number of benzene rings is 1. The van der Waals surface area contributed by atoms with Crippen molar-refractivity contribution in [3.63, 3.8) is 0 Å². The Morgan fingerprint density at radius 1 is 1.04 bits per heavy atom. The number of carbonyl (C=O) groups is 1. The highest BCUT2D eigenvalue weighted by molar-refractivity contribution is 5.81. The van der Waals surface area contributed by atoms with E-state index < -0.39 is 0 Å². The summed E-state index contributed by atoms with van der Waals surface area (Å²) in [6, 6.07) is 6.27. The van der Waals surface area contributed by atoms with Crippen molar-refractivity contribution in [1.82, 2.24) is 4.90 Å². The summed E-state index contributed by atoms with van der Waals surface area (Å²) in [5.74, 6) is 2.93. The van der Waals surface area contributed by atoms with Crippen LogP contribution in [0.5, 0.6) is 11.5 Å². The highest BCUT2D eigenvalue weighted by Gasteiger charge is 2.25. The minimum Gasteiger partial charge on any atom is -0.493 e. The van der Waals surface area contributed by atoms with Crippen molar-refractivity contribution in [2.75, 3.05) is 33.9 Å². The molecule has 0 N–H and O–H groups in total. The van der Waals surface area contributed by atoms with Crippen LogP contribution in [-0.2, 0) is 4.79 Å². The number of ketones is 1. The molecule has 1 unspecified atom stereocenters. The molecule has 1 saturated carbocycles. The molecule has 4 heteroatoms. The van der Waals surface area contributed by atoms with Gasteiger partial charge in [-0.2, -0.15) is 0 Å². The maximum Gasteiger partial charge on any atom is 0.160 e. The number of hydrogen-bond acceptors (Lipinski definition) is 4. The van der Waals surface area contributed by atoms with Gasteiger partial charge in [-0.3, -0.25) is 4.79 Å². The van der Waals surface area contributed by atoms with Crippen molar-refractivity contribution in [2.24, 2.45) is 5.92 Å².